The SMILES string of the molecule is CC(C)C(Br)C(=O)N(CCO)C1CCCCC1. The van der Waals surface area contributed by atoms with Crippen molar-refractivity contribution in [3.63, 3.8) is 0 Å². The van der Waals surface area contributed by atoms with Crippen LogP contribution >= 0.6 is 15.9 Å². The molecule has 17 heavy (non-hydrogen) atoms. The largest absolute Gasteiger partial charge is 0.395 e. The molecule has 1 N–H and O–H groups in total. The van der Waals surface area contributed by atoms with Crippen molar-refractivity contribution < 1.29 is 9.90 Å². The molecule has 1 aliphatic rings. The summed E-state index contributed by atoms with van der Waals surface area (Å²) in [5.41, 5.74) is 0. The van der Waals surface area contributed by atoms with Crippen molar-refractivity contribution in [1.29, 1.82) is 0 Å². The molecule has 1 fully saturated rings. The van der Waals surface area contributed by atoms with Crippen molar-refractivity contribution in [2.75, 3.05) is 13.2 Å². The first kappa shape index (κ1) is 15.0. The van der Waals surface area contributed by atoms with Crippen LogP contribution < -0.4 is 0 Å². The molecule has 0 aromatic rings. The number of aliphatic hydroxyl groups is 1. The minimum absolute atomic E-state index is 0.0556. The van der Waals surface area contributed by atoms with Gasteiger partial charge >= 0.3 is 0 Å². The standard InChI is InChI=1S/C13H24BrNO2/c1-10(2)12(14)13(17)15(8-9-16)11-6-4-3-5-7-11/h10-12,16H,3-9H2,1-2H3. The minimum Gasteiger partial charge on any atom is -0.395 e. The van der Waals surface area contributed by atoms with Crippen molar-refractivity contribution in [1.82, 2.24) is 4.90 Å². The van der Waals surface area contributed by atoms with Gasteiger partial charge in [-0.2, -0.15) is 0 Å². The first-order valence-electron chi connectivity index (χ1n) is 6.63. The van der Waals surface area contributed by atoms with Crippen molar-refractivity contribution in [2.24, 2.45) is 5.92 Å². The van der Waals surface area contributed by atoms with Gasteiger partial charge in [0.1, 0.15) is 0 Å². The normalized spacial score (nSPS) is 19.4. The van der Waals surface area contributed by atoms with E-state index >= 15 is 0 Å². The lowest BCUT2D eigenvalue weighted by atomic mass is 9.93. The molecule has 1 saturated carbocycles. The monoisotopic (exact) mass is 305 g/mol. The number of rotatable bonds is 5. The van der Waals surface area contributed by atoms with Crippen LogP contribution in [-0.4, -0.2) is 39.9 Å². The number of halogens is 1. The van der Waals surface area contributed by atoms with Crippen LogP contribution in [0.5, 0.6) is 0 Å². The third-order valence-corrected chi connectivity index (χ3v) is 4.91. The summed E-state index contributed by atoms with van der Waals surface area (Å²) >= 11 is 3.47. The molecule has 1 rings (SSSR count). The zero-order valence-corrected chi connectivity index (χ0v) is 12.4. The number of amides is 1. The van der Waals surface area contributed by atoms with Crippen molar-refractivity contribution in [3.8, 4) is 0 Å². The van der Waals surface area contributed by atoms with Crippen LogP contribution in [0.25, 0.3) is 0 Å². The molecule has 0 spiro atoms. The maximum Gasteiger partial charge on any atom is 0.236 e. The molecule has 0 aromatic heterocycles. The molecule has 0 heterocycles. The summed E-state index contributed by atoms with van der Waals surface area (Å²) in [4.78, 5) is 14.1. The summed E-state index contributed by atoms with van der Waals surface area (Å²) in [5.74, 6) is 0.424. The lowest BCUT2D eigenvalue weighted by Crippen LogP contribution is -2.47. The number of hydrogen-bond acceptors (Lipinski definition) is 2. The van der Waals surface area contributed by atoms with E-state index in [-0.39, 0.29) is 23.3 Å². The van der Waals surface area contributed by atoms with Gasteiger partial charge in [0.2, 0.25) is 5.91 Å². The van der Waals surface area contributed by atoms with E-state index in [0.717, 1.165) is 12.8 Å². The van der Waals surface area contributed by atoms with Crippen molar-refractivity contribution in [3.05, 3.63) is 0 Å². The Labute approximate surface area is 113 Å². The molecular weight excluding hydrogens is 282 g/mol. The van der Waals surface area contributed by atoms with Crippen LogP contribution in [-0.2, 0) is 4.79 Å². The molecule has 0 aromatic carbocycles. The van der Waals surface area contributed by atoms with Crippen LogP contribution in [0, 0.1) is 5.92 Å². The Balaban J connectivity index is 2.66. The van der Waals surface area contributed by atoms with Gasteiger partial charge in [0, 0.05) is 12.6 Å². The second kappa shape index (κ2) is 7.37. The van der Waals surface area contributed by atoms with Crippen LogP contribution in [0.1, 0.15) is 46.0 Å². The molecular formula is C13H24BrNO2. The molecule has 4 heteroatoms. The molecule has 1 atom stereocenters. The fourth-order valence-electron chi connectivity index (χ4n) is 2.42. The van der Waals surface area contributed by atoms with Gasteiger partial charge in [-0.15, -0.1) is 0 Å². The molecule has 1 aliphatic carbocycles. The van der Waals surface area contributed by atoms with E-state index in [0.29, 0.717) is 12.6 Å². The van der Waals surface area contributed by atoms with E-state index in [2.05, 4.69) is 15.9 Å². The maximum absolute atomic E-state index is 12.3. The topological polar surface area (TPSA) is 40.5 Å². The summed E-state index contributed by atoms with van der Waals surface area (Å²) in [6.45, 7) is 4.60. The van der Waals surface area contributed by atoms with Gasteiger partial charge < -0.3 is 10.0 Å². The Morgan fingerprint density at radius 1 is 1.35 bits per heavy atom. The Bertz CT molecular complexity index is 240. The molecule has 100 valence electrons. The lowest BCUT2D eigenvalue weighted by molar-refractivity contribution is -0.134. The number of hydrogen-bond donors (Lipinski definition) is 1. The highest BCUT2D eigenvalue weighted by molar-refractivity contribution is 9.10. The van der Waals surface area contributed by atoms with E-state index in [1.54, 1.807) is 0 Å². The van der Waals surface area contributed by atoms with Gasteiger partial charge in [-0.1, -0.05) is 49.0 Å². The predicted molar refractivity (Wildman–Crippen MR) is 73.2 cm³/mol. The van der Waals surface area contributed by atoms with Gasteiger partial charge in [-0.05, 0) is 18.8 Å². The molecule has 3 nitrogen and oxygen atoms in total. The van der Waals surface area contributed by atoms with Crippen molar-refractivity contribution in [2.45, 2.75) is 56.8 Å². The first-order valence-corrected chi connectivity index (χ1v) is 7.55. The third-order valence-electron chi connectivity index (χ3n) is 3.46. The predicted octanol–water partition coefficient (Wildman–Crippen LogP) is 2.56. The Kier molecular flexibility index (Phi) is 6.49. The van der Waals surface area contributed by atoms with Gasteiger partial charge in [-0.25, -0.2) is 0 Å². The van der Waals surface area contributed by atoms with Crippen LogP contribution in [0.4, 0.5) is 0 Å². The fourth-order valence-corrected chi connectivity index (χ4v) is 2.68. The Hall–Kier alpha value is -0.0900. The van der Waals surface area contributed by atoms with Gasteiger partial charge in [0.25, 0.3) is 0 Å². The van der Waals surface area contributed by atoms with Gasteiger partial charge in [0.05, 0.1) is 11.4 Å². The zero-order valence-electron chi connectivity index (χ0n) is 10.9. The molecule has 0 radical (unpaired) electrons. The van der Waals surface area contributed by atoms with Crippen molar-refractivity contribution >= 4 is 21.8 Å². The highest BCUT2D eigenvalue weighted by atomic mass is 79.9. The summed E-state index contributed by atoms with van der Waals surface area (Å²) < 4.78 is 0. The highest BCUT2D eigenvalue weighted by Crippen LogP contribution is 2.25. The summed E-state index contributed by atoms with van der Waals surface area (Å²) in [6, 6.07) is 0.335. The minimum atomic E-state index is -0.129. The van der Waals surface area contributed by atoms with Gasteiger partial charge in [-0.3, -0.25) is 4.79 Å². The first-order chi connectivity index (χ1) is 8.07. The molecule has 0 aliphatic heterocycles. The smallest absolute Gasteiger partial charge is 0.236 e. The van der Waals surface area contributed by atoms with Crippen LogP contribution in [0.15, 0.2) is 0 Å². The summed E-state index contributed by atoms with van der Waals surface area (Å²) in [5, 5.41) is 9.13. The van der Waals surface area contributed by atoms with E-state index in [1.807, 2.05) is 18.7 Å². The lowest BCUT2D eigenvalue weighted by Gasteiger charge is -2.36. The van der Waals surface area contributed by atoms with E-state index in [1.165, 1.54) is 19.3 Å². The molecule has 1 amide bonds. The van der Waals surface area contributed by atoms with E-state index < -0.39 is 0 Å². The number of nitrogens with zero attached hydrogens (tertiary/aromatic N) is 1. The second-order valence-corrected chi connectivity index (χ2v) is 6.18. The second-order valence-electron chi connectivity index (χ2n) is 5.19. The molecule has 0 saturated heterocycles. The molecule has 0 bridgehead atoms. The Morgan fingerprint density at radius 3 is 2.41 bits per heavy atom. The van der Waals surface area contributed by atoms with Crippen LogP contribution in [0.3, 0.4) is 0 Å². The van der Waals surface area contributed by atoms with Crippen LogP contribution in [0.2, 0.25) is 0 Å². The van der Waals surface area contributed by atoms with Gasteiger partial charge in [0.15, 0.2) is 0 Å². The van der Waals surface area contributed by atoms with E-state index in [9.17, 15) is 4.79 Å². The summed E-state index contributed by atoms with van der Waals surface area (Å²) in [6.07, 6.45) is 5.86. The number of carbonyl (C=O) groups excluding carboxylic acids is 1. The highest BCUT2D eigenvalue weighted by Gasteiger charge is 2.30. The quantitative estimate of drug-likeness (QED) is 0.793. The zero-order chi connectivity index (χ0) is 12.8. The number of carbonyl (C=O) groups is 1. The fraction of sp³-hybridized carbons (Fsp3) is 0.923. The van der Waals surface area contributed by atoms with E-state index in [4.69, 9.17) is 5.11 Å². The maximum atomic E-state index is 12.3. The Morgan fingerprint density at radius 2 is 1.94 bits per heavy atom. The third kappa shape index (κ3) is 4.25. The average molecular weight is 306 g/mol. The number of alkyl halides is 1. The number of aliphatic hydroxyl groups excluding tert-OH is 1. The molecule has 1 unspecified atom stereocenters. The summed E-state index contributed by atoms with van der Waals surface area (Å²) in [7, 11) is 0. The average Bonchev–Trinajstić information content (AvgIpc) is 2.35.